The number of likely N-dealkylation sites (N-methyl/N-ethyl adjacent to an activating group) is 1. The number of hydrogen-bond donors (Lipinski definition) is 2. The van der Waals surface area contributed by atoms with E-state index in [1.807, 2.05) is 6.92 Å². The second-order valence-corrected chi connectivity index (χ2v) is 4.82. The Kier molecular flexibility index (Phi) is 3.78. The van der Waals surface area contributed by atoms with E-state index in [4.69, 9.17) is 5.11 Å². The molecule has 0 aliphatic heterocycles. The lowest BCUT2D eigenvalue weighted by molar-refractivity contribution is -0.141. The molecule has 0 saturated heterocycles. The van der Waals surface area contributed by atoms with Crippen LogP contribution in [0.1, 0.15) is 39.5 Å². The summed E-state index contributed by atoms with van der Waals surface area (Å²) in [6, 6.07) is -1.11. The lowest BCUT2D eigenvalue weighted by Crippen LogP contribution is -2.52. The van der Waals surface area contributed by atoms with Crippen molar-refractivity contribution >= 4 is 12.0 Å². The van der Waals surface area contributed by atoms with Crippen LogP contribution in [0.15, 0.2) is 0 Å². The summed E-state index contributed by atoms with van der Waals surface area (Å²) < 4.78 is 0. The number of nitrogens with zero attached hydrogens (tertiary/aromatic N) is 1. The van der Waals surface area contributed by atoms with E-state index in [0.29, 0.717) is 0 Å². The molecule has 2 amide bonds. The largest absolute Gasteiger partial charge is 0.480 e. The maximum atomic E-state index is 11.8. The van der Waals surface area contributed by atoms with Crippen LogP contribution >= 0.6 is 0 Å². The molecular formula is C11H20N2O3. The normalized spacial score (nSPS) is 20.2. The van der Waals surface area contributed by atoms with Gasteiger partial charge in [0.2, 0.25) is 0 Å². The predicted octanol–water partition coefficient (Wildman–Crippen LogP) is 1.43. The number of amides is 2. The molecule has 5 nitrogen and oxygen atoms in total. The third-order valence-corrected chi connectivity index (χ3v) is 3.37. The fourth-order valence-electron chi connectivity index (χ4n) is 1.97. The summed E-state index contributed by atoms with van der Waals surface area (Å²) in [6.45, 7) is 3.51. The molecule has 0 spiro atoms. The van der Waals surface area contributed by atoms with E-state index in [0.717, 1.165) is 25.7 Å². The first-order valence-corrected chi connectivity index (χ1v) is 5.63. The van der Waals surface area contributed by atoms with Crippen LogP contribution in [0.5, 0.6) is 0 Å². The zero-order chi connectivity index (χ0) is 12.3. The van der Waals surface area contributed by atoms with E-state index < -0.39 is 12.0 Å². The van der Waals surface area contributed by atoms with Gasteiger partial charge in [0.25, 0.3) is 0 Å². The highest BCUT2D eigenvalue weighted by Gasteiger charge is 2.32. The molecule has 2 N–H and O–H groups in total. The standard InChI is InChI=1S/C11H20N2O3/c1-8(9(14)15)13(3)10(16)12-11(2)6-4-5-7-11/h8H,4-7H2,1-3H3,(H,12,16)(H,14,15). The van der Waals surface area contributed by atoms with Crippen molar-refractivity contribution in [2.24, 2.45) is 0 Å². The molecule has 1 aliphatic rings. The van der Waals surface area contributed by atoms with Gasteiger partial charge in [-0.25, -0.2) is 9.59 Å². The highest BCUT2D eigenvalue weighted by atomic mass is 16.4. The highest BCUT2D eigenvalue weighted by molar-refractivity contribution is 5.82. The molecule has 1 unspecified atom stereocenters. The molecule has 1 fully saturated rings. The van der Waals surface area contributed by atoms with Crippen LogP contribution in [0.25, 0.3) is 0 Å². The topological polar surface area (TPSA) is 69.6 Å². The number of aliphatic carboxylic acids is 1. The molecule has 1 atom stereocenters. The van der Waals surface area contributed by atoms with Crippen molar-refractivity contribution in [3.8, 4) is 0 Å². The Morgan fingerprint density at radius 1 is 1.38 bits per heavy atom. The van der Waals surface area contributed by atoms with E-state index >= 15 is 0 Å². The summed E-state index contributed by atoms with van der Waals surface area (Å²) in [5, 5.41) is 11.7. The van der Waals surface area contributed by atoms with E-state index in [9.17, 15) is 9.59 Å². The molecule has 0 aromatic carbocycles. The van der Waals surface area contributed by atoms with Gasteiger partial charge in [-0.05, 0) is 26.7 Å². The first kappa shape index (κ1) is 12.8. The molecule has 5 heteroatoms. The average Bonchev–Trinajstić information content (AvgIpc) is 2.62. The van der Waals surface area contributed by atoms with Gasteiger partial charge in [0, 0.05) is 12.6 Å². The average molecular weight is 228 g/mol. The number of carboxylic acids is 1. The molecule has 16 heavy (non-hydrogen) atoms. The number of nitrogens with one attached hydrogen (secondary N) is 1. The molecule has 0 radical (unpaired) electrons. The summed E-state index contributed by atoms with van der Waals surface area (Å²) in [4.78, 5) is 23.8. The van der Waals surface area contributed by atoms with Crippen molar-refractivity contribution in [1.29, 1.82) is 0 Å². The van der Waals surface area contributed by atoms with Crippen LogP contribution in [0.2, 0.25) is 0 Å². The lowest BCUT2D eigenvalue weighted by Gasteiger charge is -2.30. The maximum Gasteiger partial charge on any atom is 0.326 e. The van der Waals surface area contributed by atoms with Gasteiger partial charge in [0.05, 0.1) is 0 Å². The minimum atomic E-state index is -0.991. The van der Waals surface area contributed by atoms with Crippen molar-refractivity contribution in [2.45, 2.75) is 51.1 Å². The van der Waals surface area contributed by atoms with Gasteiger partial charge in [-0.2, -0.15) is 0 Å². The summed E-state index contributed by atoms with van der Waals surface area (Å²) >= 11 is 0. The van der Waals surface area contributed by atoms with Gasteiger partial charge in [-0.15, -0.1) is 0 Å². The lowest BCUT2D eigenvalue weighted by atomic mass is 10.0. The second-order valence-electron chi connectivity index (χ2n) is 4.82. The Labute approximate surface area is 95.8 Å². The third-order valence-electron chi connectivity index (χ3n) is 3.37. The molecule has 1 aliphatic carbocycles. The van der Waals surface area contributed by atoms with Crippen molar-refractivity contribution in [2.75, 3.05) is 7.05 Å². The monoisotopic (exact) mass is 228 g/mol. The summed E-state index contributed by atoms with van der Waals surface area (Å²) in [5.41, 5.74) is -0.163. The highest BCUT2D eigenvalue weighted by Crippen LogP contribution is 2.28. The molecule has 0 heterocycles. The third kappa shape index (κ3) is 2.87. The molecular weight excluding hydrogens is 208 g/mol. The van der Waals surface area contributed by atoms with Crippen LogP contribution in [-0.2, 0) is 4.79 Å². The van der Waals surface area contributed by atoms with E-state index in [1.165, 1.54) is 18.9 Å². The number of carboxylic acid groups (broad SMARTS) is 1. The van der Waals surface area contributed by atoms with E-state index in [-0.39, 0.29) is 11.6 Å². The van der Waals surface area contributed by atoms with E-state index in [1.54, 1.807) is 0 Å². The first-order valence-electron chi connectivity index (χ1n) is 5.63. The maximum absolute atomic E-state index is 11.8. The van der Waals surface area contributed by atoms with Crippen LogP contribution in [0.4, 0.5) is 4.79 Å². The minimum absolute atomic E-state index is 0.163. The predicted molar refractivity (Wildman–Crippen MR) is 60.3 cm³/mol. The fraction of sp³-hybridized carbons (Fsp3) is 0.818. The van der Waals surface area contributed by atoms with Gasteiger partial charge < -0.3 is 15.3 Å². The van der Waals surface area contributed by atoms with Gasteiger partial charge in [0.1, 0.15) is 6.04 Å². The Bertz CT molecular complexity index is 285. The fourth-order valence-corrected chi connectivity index (χ4v) is 1.97. The molecule has 1 rings (SSSR count). The van der Waals surface area contributed by atoms with Crippen LogP contribution in [0.3, 0.4) is 0 Å². The summed E-state index contributed by atoms with van der Waals surface area (Å²) in [6.07, 6.45) is 4.17. The zero-order valence-corrected chi connectivity index (χ0v) is 10.1. The Balaban J connectivity index is 2.54. The first-order chi connectivity index (χ1) is 7.36. The number of carbonyl (C=O) groups excluding carboxylic acids is 1. The number of carbonyl (C=O) groups is 2. The second kappa shape index (κ2) is 4.72. The Morgan fingerprint density at radius 2 is 1.88 bits per heavy atom. The van der Waals surface area contributed by atoms with Crippen LogP contribution in [0, 0.1) is 0 Å². The van der Waals surface area contributed by atoms with Crippen molar-refractivity contribution in [3.05, 3.63) is 0 Å². The number of rotatable bonds is 3. The van der Waals surface area contributed by atoms with Gasteiger partial charge in [0.15, 0.2) is 0 Å². The Hall–Kier alpha value is -1.26. The Morgan fingerprint density at radius 3 is 2.31 bits per heavy atom. The minimum Gasteiger partial charge on any atom is -0.480 e. The van der Waals surface area contributed by atoms with Gasteiger partial charge in [-0.1, -0.05) is 12.8 Å². The molecule has 1 saturated carbocycles. The van der Waals surface area contributed by atoms with Gasteiger partial charge >= 0.3 is 12.0 Å². The smallest absolute Gasteiger partial charge is 0.326 e. The summed E-state index contributed by atoms with van der Waals surface area (Å²) in [7, 11) is 1.51. The van der Waals surface area contributed by atoms with Crippen molar-refractivity contribution in [3.63, 3.8) is 0 Å². The molecule has 92 valence electrons. The SMILES string of the molecule is CC(C(=O)O)N(C)C(=O)NC1(C)CCCC1. The van der Waals surface area contributed by atoms with Crippen molar-refractivity contribution in [1.82, 2.24) is 10.2 Å². The molecule has 0 aromatic heterocycles. The molecule has 0 aromatic rings. The summed E-state index contributed by atoms with van der Waals surface area (Å²) in [5.74, 6) is -0.991. The van der Waals surface area contributed by atoms with Crippen molar-refractivity contribution < 1.29 is 14.7 Å². The zero-order valence-electron chi connectivity index (χ0n) is 10.1. The van der Waals surface area contributed by atoms with Crippen LogP contribution in [-0.4, -0.2) is 40.6 Å². The molecule has 0 bridgehead atoms. The quantitative estimate of drug-likeness (QED) is 0.767. The number of hydrogen-bond acceptors (Lipinski definition) is 2. The van der Waals surface area contributed by atoms with Crippen LogP contribution < -0.4 is 5.32 Å². The number of urea groups is 1. The van der Waals surface area contributed by atoms with E-state index in [2.05, 4.69) is 5.32 Å². The van der Waals surface area contributed by atoms with Gasteiger partial charge in [-0.3, -0.25) is 0 Å².